The minimum Gasteiger partial charge on any atom is -0.462 e. The van der Waals surface area contributed by atoms with Gasteiger partial charge in [0.2, 0.25) is 5.91 Å². The summed E-state index contributed by atoms with van der Waals surface area (Å²) in [6.45, 7) is 6.43. The molecule has 0 fully saturated rings. The normalized spacial score (nSPS) is 13.5. The monoisotopic (exact) mass is 748 g/mol. The molecule has 0 spiro atoms. The first kappa shape index (κ1) is 51.3. The first-order chi connectivity index (χ1) is 26.0. The molecule has 3 unspecified atom stereocenters. The Kier molecular flexibility index (Phi) is 40.2. The Balaban J connectivity index is 4.65. The molecule has 0 radical (unpaired) electrons. The first-order valence-corrected chi connectivity index (χ1v) is 23.1. The first-order valence-electron chi connectivity index (χ1n) is 23.1. The van der Waals surface area contributed by atoms with Crippen LogP contribution in [0.3, 0.4) is 0 Å². The molecule has 0 saturated heterocycles. The van der Waals surface area contributed by atoms with Crippen molar-refractivity contribution in [2.24, 2.45) is 0 Å². The molecule has 0 aliphatic heterocycles. The average molecular weight is 748 g/mol. The summed E-state index contributed by atoms with van der Waals surface area (Å²) in [4.78, 5) is 25.9. The third-order valence-corrected chi connectivity index (χ3v) is 10.6. The SMILES string of the molecule is CCCCCCCCC/C=C/C=C/CCCC(CC(=O)NC(CO)C(O)CCCCCCCCCCCCC)OC(=O)CCCCCCCCCCC. The summed E-state index contributed by atoms with van der Waals surface area (Å²) >= 11 is 0. The van der Waals surface area contributed by atoms with E-state index in [4.69, 9.17) is 4.74 Å². The van der Waals surface area contributed by atoms with Gasteiger partial charge >= 0.3 is 5.97 Å². The van der Waals surface area contributed by atoms with Crippen LogP contribution >= 0.6 is 0 Å². The van der Waals surface area contributed by atoms with E-state index in [9.17, 15) is 19.8 Å². The number of aliphatic hydroxyl groups excluding tert-OH is 2. The highest BCUT2D eigenvalue weighted by atomic mass is 16.5. The van der Waals surface area contributed by atoms with Crippen molar-refractivity contribution in [3.05, 3.63) is 24.3 Å². The molecule has 3 atom stereocenters. The molecule has 3 N–H and O–H groups in total. The number of nitrogens with one attached hydrogen (secondary N) is 1. The van der Waals surface area contributed by atoms with Crippen LogP contribution < -0.4 is 5.32 Å². The number of rotatable bonds is 41. The molecule has 6 heteroatoms. The van der Waals surface area contributed by atoms with Crippen molar-refractivity contribution in [1.29, 1.82) is 0 Å². The molecule has 53 heavy (non-hydrogen) atoms. The molecule has 0 rings (SSSR count). The van der Waals surface area contributed by atoms with Gasteiger partial charge in [-0.3, -0.25) is 9.59 Å². The molecular weight excluding hydrogens is 659 g/mol. The summed E-state index contributed by atoms with van der Waals surface area (Å²) < 4.78 is 5.86. The molecule has 1 amide bonds. The number of carbonyl (C=O) groups excluding carboxylic acids is 2. The van der Waals surface area contributed by atoms with E-state index in [1.165, 1.54) is 135 Å². The number of carbonyl (C=O) groups is 2. The van der Waals surface area contributed by atoms with E-state index in [1.54, 1.807) is 0 Å². The summed E-state index contributed by atoms with van der Waals surface area (Å²) in [6.07, 6.45) is 45.3. The van der Waals surface area contributed by atoms with E-state index < -0.39 is 18.2 Å². The average Bonchev–Trinajstić information content (AvgIpc) is 3.15. The van der Waals surface area contributed by atoms with Gasteiger partial charge in [0, 0.05) is 6.42 Å². The maximum atomic E-state index is 13.1. The van der Waals surface area contributed by atoms with Gasteiger partial charge in [-0.05, 0) is 44.9 Å². The zero-order valence-corrected chi connectivity index (χ0v) is 35.4. The summed E-state index contributed by atoms with van der Waals surface area (Å²) in [7, 11) is 0. The predicted octanol–water partition coefficient (Wildman–Crippen LogP) is 13.2. The molecule has 0 aliphatic carbocycles. The topological polar surface area (TPSA) is 95.9 Å². The third-order valence-electron chi connectivity index (χ3n) is 10.6. The second kappa shape index (κ2) is 41.5. The Hall–Kier alpha value is -1.66. The van der Waals surface area contributed by atoms with Gasteiger partial charge in [0.05, 0.1) is 25.2 Å². The number of allylic oxidation sites excluding steroid dienone is 4. The maximum absolute atomic E-state index is 13.1. The Morgan fingerprint density at radius 3 is 1.43 bits per heavy atom. The molecule has 0 saturated carbocycles. The van der Waals surface area contributed by atoms with Crippen LogP contribution in [0.15, 0.2) is 24.3 Å². The van der Waals surface area contributed by atoms with Gasteiger partial charge in [-0.15, -0.1) is 0 Å². The van der Waals surface area contributed by atoms with Gasteiger partial charge < -0.3 is 20.3 Å². The highest BCUT2D eigenvalue weighted by molar-refractivity contribution is 5.77. The molecule has 6 nitrogen and oxygen atoms in total. The molecule has 0 aromatic heterocycles. The molecule has 0 aromatic rings. The minimum atomic E-state index is -0.792. The second-order valence-electron chi connectivity index (χ2n) is 15.8. The lowest BCUT2D eigenvalue weighted by molar-refractivity contribution is -0.151. The molecule has 312 valence electrons. The van der Waals surface area contributed by atoms with Crippen LogP contribution in [0.5, 0.6) is 0 Å². The van der Waals surface area contributed by atoms with Crippen LogP contribution in [0.2, 0.25) is 0 Å². The van der Waals surface area contributed by atoms with E-state index >= 15 is 0 Å². The molecule has 0 bridgehead atoms. The zero-order valence-electron chi connectivity index (χ0n) is 35.4. The van der Waals surface area contributed by atoms with Crippen molar-refractivity contribution in [2.75, 3.05) is 6.61 Å². The van der Waals surface area contributed by atoms with Crippen molar-refractivity contribution in [2.45, 2.75) is 257 Å². The standard InChI is InChI=1S/C47H89NO5/c1-4-7-10-13-16-19-21-22-23-25-27-29-32-35-38-43(53-47(52)40-37-34-31-26-18-15-12-9-6-3)41-46(51)48-44(42-49)45(50)39-36-33-30-28-24-20-17-14-11-8-5-2/h23,25,27,29,43-45,49-50H,4-22,24,26,28,30-42H2,1-3H3,(H,48,51)/b25-23+,29-27+. The lowest BCUT2D eigenvalue weighted by Gasteiger charge is -2.24. The van der Waals surface area contributed by atoms with E-state index in [0.717, 1.165) is 57.8 Å². The van der Waals surface area contributed by atoms with E-state index in [-0.39, 0.29) is 24.9 Å². The fourth-order valence-corrected chi connectivity index (χ4v) is 7.01. The lowest BCUT2D eigenvalue weighted by Crippen LogP contribution is -2.46. The van der Waals surface area contributed by atoms with E-state index in [2.05, 4.69) is 50.4 Å². The fraction of sp³-hybridized carbons (Fsp3) is 0.872. The number of esters is 1. The maximum Gasteiger partial charge on any atom is 0.306 e. The summed E-state index contributed by atoms with van der Waals surface area (Å²) in [5.41, 5.74) is 0. The minimum absolute atomic E-state index is 0.0488. The largest absolute Gasteiger partial charge is 0.462 e. The van der Waals surface area contributed by atoms with Crippen LogP contribution in [-0.4, -0.2) is 46.9 Å². The van der Waals surface area contributed by atoms with Crippen molar-refractivity contribution in [1.82, 2.24) is 5.32 Å². The van der Waals surface area contributed by atoms with Gasteiger partial charge in [-0.1, -0.05) is 206 Å². The van der Waals surface area contributed by atoms with Gasteiger partial charge in [0.1, 0.15) is 6.10 Å². The number of hydrogen-bond donors (Lipinski definition) is 3. The van der Waals surface area contributed by atoms with Crippen LogP contribution in [0.25, 0.3) is 0 Å². The van der Waals surface area contributed by atoms with Crippen LogP contribution in [-0.2, 0) is 14.3 Å². The molecule has 0 heterocycles. The quantitative estimate of drug-likeness (QED) is 0.0329. The van der Waals surface area contributed by atoms with E-state index in [0.29, 0.717) is 19.3 Å². The highest BCUT2D eigenvalue weighted by Crippen LogP contribution is 2.17. The van der Waals surface area contributed by atoms with Crippen molar-refractivity contribution in [3.8, 4) is 0 Å². The summed E-state index contributed by atoms with van der Waals surface area (Å²) in [5, 5.41) is 23.6. The Bertz CT molecular complexity index is 843. The molecule has 0 aliphatic rings. The number of ether oxygens (including phenoxy) is 1. The zero-order chi connectivity index (χ0) is 38.9. The number of hydrogen-bond acceptors (Lipinski definition) is 5. The smallest absolute Gasteiger partial charge is 0.306 e. The number of aliphatic hydroxyl groups is 2. The van der Waals surface area contributed by atoms with Gasteiger partial charge in [0.25, 0.3) is 0 Å². The molecular formula is C47H89NO5. The van der Waals surface area contributed by atoms with Crippen LogP contribution in [0, 0.1) is 0 Å². The van der Waals surface area contributed by atoms with Gasteiger partial charge in [-0.2, -0.15) is 0 Å². The lowest BCUT2D eigenvalue weighted by atomic mass is 10.0. The van der Waals surface area contributed by atoms with E-state index in [1.807, 2.05) is 0 Å². The number of amides is 1. The molecule has 0 aromatic carbocycles. The fourth-order valence-electron chi connectivity index (χ4n) is 7.01. The van der Waals surface area contributed by atoms with Crippen LogP contribution in [0.1, 0.15) is 239 Å². The summed E-state index contributed by atoms with van der Waals surface area (Å²) in [6, 6.07) is -0.709. The Morgan fingerprint density at radius 2 is 0.962 bits per heavy atom. The predicted molar refractivity (Wildman–Crippen MR) is 227 cm³/mol. The second-order valence-corrected chi connectivity index (χ2v) is 15.8. The van der Waals surface area contributed by atoms with Crippen molar-refractivity contribution in [3.63, 3.8) is 0 Å². The van der Waals surface area contributed by atoms with Gasteiger partial charge in [0.15, 0.2) is 0 Å². The van der Waals surface area contributed by atoms with Crippen molar-refractivity contribution < 1.29 is 24.5 Å². The summed E-state index contributed by atoms with van der Waals surface area (Å²) in [5.74, 6) is -0.517. The highest BCUT2D eigenvalue weighted by Gasteiger charge is 2.24. The number of unbranched alkanes of at least 4 members (excludes halogenated alkanes) is 26. The van der Waals surface area contributed by atoms with Crippen molar-refractivity contribution >= 4 is 11.9 Å². The Morgan fingerprint density at radius 1 is 0.547 bits per heavy atom. The third kappa shape index (κ3) is 37.1. The van der Waals surface area contributed by atoms with Gasteiger partial charge in [-0.25, -0.2) is 0 Å². The Labute approximate surface area is 329 Å². The van der Waals surface area contributed by atoms with Crippen LogP contribution in [0.4, 0.5) is 0 Å².